The molecule has 0 aromatic carbocycles. The van der Waals surface area contributed by atoms with E-state index in [1.54, 1.807) is 0 Å². The van der Waals surface area contributed by atoms with Crippen LogP contribution in [-0.2, 0) is 0 Å². The van der Waals surface area contributed by atoms with Gasteiger partial charge in [-0.25, -0.2) is 4.39 Å². The molecule has 0 aromatic rings. The predicted molar refractivity (Wildman–Crippen MR) is 88.3 cm³/mol. The molecule has 3 rings (SSSR count). The van der Waals surface area contributed by atoms with E-state index in [2.05, 4.69) is 22.9 Å². The number of piperidine rings is 2. The minimum Gasteiger partial charge on any atom is -0.326 e. The van der Waals surface area contributed by atoms with Gasteiger partial charge in [0.2, 0.25) is 0 Å². The first-order valence-corrected chi connectivity index (χ1v) is 9.23. The average molecular weight is 312 g/mol. The minimum atomic E-state index is -0.838. The zero-order valence-electron chi connectivity index (χ0n) is 13.9. The van der Waals surface area contributed by atoms with Crippen LogP contribution in [0.1, 0.15) is 45.4 Å². The first kappa shape index (κ1) is 16.6. The van der Waals surface area contributed by atoms with Gasteiger partial charge >= 0.3 is 0 Å². The monoisotopic (exact) mass is 312 g/mol. The number of rotatable bonds is 0. The molecule has 0 aromatic heterocycles. The molecular weight excluding hydrogens is 279 g/mol. The van der Waals surface area contributed by atoms with E-state index in [0.717, 1.165) is 38.9 Å². The third-order valence-electron chi connectivity index (χ3n) is 6.12. The molecule has 3 saturated heterocycles. The van der Waals surface area contributed by atoms with Crippen LogP contribution in [0.15, 0.2) is 0 Å². The summed E-state index contributed by atoms with van der Waals surface area (Å²) in [6, 6.07) is 1.08. The summed E-state index contributed by atoms with van der Waals surface area (Å²) in [5.41, 5.74) is 6.44. The molecule has 7 atom stereocenters. The Labute approximate surface area is 134 Å². The largest absolute Gasteiger partial charge is 0.326 e. The highest BCUT2D eigenvalue weighted by molar-refractivity contribution is 4.95. The Morgan fingerprint density at radius 1 is 0.955 bits per heavy atom. The smallest absolute Gasteiger partial charge is 0.151 e. The van der Waals surface area contributed by atoms with Crippen LogP contribution < -0.4 is 21.7 Å². The first-order valence-electron chi connectivity index (χ1n) is 9.23. The van der Waals surface area contributed by atoms with Crippen molar-refractivity contribution in [3.05, 3.63) is 0 Å². The number of nitrogens with two attached hydrogens (primary N) is 1. The van der Waals surface area contributed by atoms with Gasteiger partial charge in [-0.2, -0.15) is 0 Å². The topological polar surface area (TPSA) is 62.1 Å². The standard InChI is InChI=1S/C17H33FN4/c1-11-3-2-4-14(19)15-7-12(5-6-20-15)13-8-17(18)22-10-16(13)21-9-11/h11-17,20-22H,2-10,19H2,1H3/t11-,12?,13?,14+,15?,16?,17?/m1/s1. The van der Waals surface area contributed by atoms with E-state index in [-0.39, 0.29) is 6.04 Å². The van der Waals surface area contributed by atoms with E-state index in [0.29, 0.717) is 36.3 Å². The lowest BCUT2D eigenvalue weighted by molar-refractivity contribution is 0.0763. The molecule has 5 heteroatoms. The van der Waals surface area contributed by atoms with Gasteiger partial charge in [-0.05, 0) is 62.9 Å². The molecule has 0 radical (unpaired) electrons. The SMILES string of the molecule is C[C@@H]1CCC[C@H](N)C2CC(CCN2)C2CC(F)NCC2NC1. The summed E-state index contributed by atoms with van der Waals surface area (Å²) in [7, 11) is 0. The van der Waals surface area contributed by atoms with Crippen molar-refractivity contribution in [3.8, 4) is 0 Å². The Kier molecular flexibility index (Phi) is 5.71. The normalized spacial score (nSPS) is 47.9. The van der Waals surface area contributed by atoms with Crippen molar-refractivity contribution in [1.82, 2.24) is 16.0 Å². The van der Waals surface area contributed by atoms with E-state index in [9.17, 15) is 4.39 Å². The van der Waals surface area contributed by atoms with Crippen molar-refractivity contribution in [2.75, 3.05) is 19.6 Å². The predicted octanol–water partition coefficient (Wildman–Crippen LogP) is 1.37. The first-order chi connectivity index (χ1) is 10.6. The Hall–Kier alpha value is -0.230. The Morgan fingerprint density at radius 2 is 1.82 bits per heavy atom. The quantitative estimate of drug-likeness (QED) is 0.510. The number of nitrogens with one attached hydrogen (secondary N) is 3. The molecule has 3 aliphatic heterocycles. The minimum absolute atomic E-state index is 0.253. The van der Waals surface area contributed by atoms with Gasteiger partial charge < -0.3 is 16.4 Å². The number of halogens is 1. The van der Waals surface area contributed by atoms with Crippen molar-refractivity contribution in [3.63, 3.8) is 0 Å². The number of hydrogen-bond acceptors (Lipinski definition) is 4. The van der Waals surface area contributed by atoms with Crippen molar-refractivity contribution in [2.24, 2.45) is 23.5 Å². The van der Waals surface area contributed by atoms with Crippen molar-refractivity contribution in [2.45, 2.75) is 69.9 Å². The summed E-state index contributed by atoms with van der Waals surface area (Å²) in [5.74, 6) is 1.72. The number of hydrogen-bond donors (Lipinski definition) is 4. The van der Waals surface area contributed by atoms with Crippen LogP contribution in [0.5, 0.6) is 0 Å². The number of fused-ring (bicyclic) bond motifs is 4. The zero-order chi connectivity index (χ0) is 15.5. The summed E-state index contributed by atoms with van der Waals surface area (Å²) in [6.45, 7) is 5.16. The van der Waals surface area contributed by atoms with Crippen molar-refractivity contribution >= 4 is 0 Å². The fourth-order valence-corrected chi connectivity index (χ4v) is 4.69. The summed E-state index contributed by atoms with van der Waals surface area (Å²) in [5, 5.41) is 10.4. The fourth-order valence-electron chi connectivity index (χ4n) is 4.69. The molecule has 3 fully saturated rings. The van der Waals surface area contributed by atoms with Gasteiger partial charge in [0.25, 0.3) is 0 Å². The molecule has 3 heterocycles. The summed E-state index contributed by atoms with van der Waals surface area (Å²) in [6.07, 6.45) is 5.64. The molecule has 22 heavy (non-hydrogen) atoms. The van der Waals surface area contributed by atoms with Crippen molar-refractivity contribution in [1.29, 1.82) is 0 Å². The van der Waals surface area contributed by atoms with Crippen LogP contribution in [0, 0.1) is 17.8 Å². The lowest BCUT2D eigenvalue weighted by Gasteiger charge is -2.44. The highest BCUT2D eigenvalue weighted by atomic mass is 19.1. The second kappa shape index (κ2) is 7.56. The summed E-state index contributed by atoms with van der Waals surface area (Å²) < 4.78 is 13.9. The van der Waals surface area contributed by atoms with Crippen LogP contribution in [0.4, 0.5) is 4.39 Å². The average Bonchev–Trinajstić information content (AvgIpc) is 2.53. The second-order valence-corrected chi connectivity index (χ2v) is 7.84. The molecule has 2 bridgehead atoms. The van der Waals surface area contributed by atoms with E-state index >= 15 is 0 Å². The van der Waals surface area contributed by atoms with E-state index in [1.807, 2.05) is 0 Å². The lowest BCUT2D eigenvalue weighted by Crippen LogP contribution is -2.58. The maximum absolute atomic E-state index is 13.9. The van der Waals surface area contributed by atoms with Gasteiger partial charge in [-0.1, -0.05) is 13.3 Å². The summed E-state index contributed by atoms with van der Waals surface area (Å²) in [4.78, 5) is 0. The maximum atomic E-state index is 13.9. The fraction of sp³-hybridized carbons (Fsp3) is 1.00. The van der Waals surface area contributed by atoms with Crippen LogP contribution in [0.3, 0.4) is 0 Å². The molecule has 0 amide bonds. The highest BCUT2D eigenvalue weighted by Gasteiger charge is 2.38. The van der Waals surface area contributed by atoms with Crippen LogP contribution in [0.25, 0.3) is 0 Å². The Bertz CT molecular complexity index is 354. The lowest BCUT2D eigenvalue weighted by atomic mass is 9.73. The Morgan fingerprint density at radius 3 is 2.68 bits per heavy atom. The van der Waals surface area contributed by atoms with E-state index < -0.39 is 6.30 Å². The molecule has 0 aliphatic carbocycles. The van der Waals surface area contributed by atoms with Gasteiger partial charge in [-0.15, -0.1) is 0 Å². The number of alkyl halides is 1. The van der Waals surface area contributed by atoms with Crippen LogP contribution in [-0.4, -0.2) is 44.1 Å². The van der Waals surface area contributed by atoms with Crippen molar-refractivity contribution < 1.29 is 4.39 Å². The Balaban J connectivity index is 1.74. The third kappa shape index (κ3) is 3.99. The molecule has 5 unspecified atom stereocenters. The molecule has 4 nitrogen and oxygen atoms in total. The van der Waals surface area contributed by atoms with Gasteiger partial charge in [0.1, 0.15) is 0 Å². The van der Waals surface area contributed by atoms with Gasteiger partial charge in [0.15, 0.2) is 6.30 Å². The zero-order valence-corrected chi connectivity index (χ0v) is 13.9. The third-order valence-corrected chi connectivity index (χ3v) is 6.12. The molecule has 0 spiro atoms. The molecule has 5 N–H and O–H groups in total. The second-order valence-electron chi connectivity index (χ2n) is 7.84. The highest BCUT2D eigenvalue weighted by Crippen LogP contribution is 2.34. The van der Waals surface area contributed by atoms with Crippen LogP contribution >= 0.6 is 0 Å². The molecule has 128 valence electrons. The van der Waals surface area contributed by atoms with Gasteiger partial charge in [0.05, 0.1) is 0 Å². The van der Waals surface area contributed by atoms with Crippen LogP contribution in [0.2, 0.25) is 0 Å². The molecule has 0 saturated carbocycles. The summed E-state index contributed by atoms with van der Waals surface area (Å²) >= 11 is 0. The maximum Gasteiger partial charge on any atom is 0.151 e. The van der Waals surface area contributed by atoms with E-state index in [4.69, 9.17) is 5.73 Å². The van der Waals surface area contributed by atoms with Gasteiger partial charge in [-0.3, -0.25) is 5.32 Å². The molecular formula is C17H33FN4. The molecule has 3 aliphatic rings. The van der Waals surface area contributed by atoms with Gasteiger partial charge in [0, 0.05) is 24.7 Å². The van der Waals surface area contributed by atoms with E-state index in [1.165, 1.54) is 12.8 Å².